The Morgan fingerprint density at radius 1 is 0.903 bits per heavy atom. The van der Waals surface area contributed by atoms with Gasteiger partial charge in [0.15, 0.2) is 6.73 Å². The molecule has 0 spiro atoms. The highest BCUT2D eigenvalue weighted by Crippen LogP contribution is 2.20. The number of carbonyl (C=O) groups excluding carboxylic acids is 2. The minimum absolute atomic E-state index is 0.116. The van der Waals surface area contributed by atoms with E-state index in [1.54, 1.807) is 48.5 Å². The first-order chi connectivity index (χ1) is 15.1. The van der Waals surface area contributed by atoms with Crippen molar-refractivity contribution in [3.63, 3.8) is 0 Å². The Morgan fingerprint density at radius 3 is 2.19 bits per heavy atom. The average Bonchev–Trinajstić information content (AvgIpc) is 2.80. The predicted octanol–water partition coefficient (Wildman–Crippen LogP) is 4.83. The summed E-state index contributed by atoms with van der Waals surface area (Å²) in [5.74, 6) is 0.592. The molecule has 0 heterocycles. The lowest BCUT2D eigenvalue weighted by molar-refractivity contribution is -0.137. The molecule has 9 heteroatoms. The van der Waals surface area contributed by atoms with Gasteiger partial charge in [-0.3, -0.25) is 0 Å². The summed E-state index contributed by atoms with van der Waals surface area (Å²) >= 11 is 0. The fourth-order valence-electron chi connectivity index (χ4n) is 2.39. The number of carbonyl (C=O) groups is 2. The summed E-state index contributed by atoms with van der Waals surface area (Å²) < 4.78 is 21.0. The summed E-state index contributed by atoms with van der Waals surface area (Å²) in [7, 11) is 0. The number of unbranched alkanes of at least 4 members (excludes halogenated alkanes) is 2. The molecule has 0 aliphatic rings. The Hall–Kier alpha value is -3.97. The van der Waals surface area contributed by atoms with Crippen molar-refractivity contribution < 1.29 is 28.5 Å². The van der Waals surface area contributed by atoms with Gasteiger partial charge in [-0.1, -0.05) is 11.7 Å². The number of benzene rings is 2. The van der Waals surface area contributed by atoms with E-state index < -0.39 is 11.9 Å². The fraction of sp³-hybridized carbons (Fsp3) is 0.273. The van der Waals surface area contributed by atoms with Gasteiger partial charge in [-0.2, -0.15) is 0 Å². The van der Waals surface area contributed by atoms with Crippen LogP contribution in [0.1, 0.15) is 29.6 Å². The van der Waals surface area contributed by atoms with Gasteiger partial charge in [-0.15, -0.1) is 0 Å². The summed E-state index contributed by atoms with van der Waals surface area (Å²) in [5, 5.41) is 3.27. The summed E-state index contributed by atoms with van der Waals surface area (Å²) in [6, 6.07) is 13.0. The number of hydrogen-bond acceptors (Lipinski definition) is 7. The Balaban J connectivity index is 1.70. The van der Waals surface area contributed by atoms with Crippen LogP contribution in [0.25, 0.3) is 10.4 Å². The predicted molar refractivity (Wildman–Crippen MR) is 113 cm³/mol. The average molecular weight is 425 g/mol. The third-order valence-electron chi connectivity index (χ3n) is 3.94. The van der Waals surface area contributed by atoms with Crippen molar-refractivity contribution in [1.82, 2.24) is 0 Å². The van der Waals surface area contributed by atoms with Crippen LogP contribution in [-0.2, 0) is 9.53 Å². The molecule has 2 rings (SSSR count). The van der Waals surface area contributed by atoms with Crippen LogP contribution in [0.5, 0.6) is 17.2 Å². The van der Waals surface area contributed by atoms with E-state index in [2.05, 4.69) is 16.6 Å². The molecule has 0 unspecified atom stereocenters. The molecule has 2 aromatic carbocycles. The lowest BCUT2D eigenvalue weighted by atomic mass is 10.2. The second-order valence-electron chi connectivity index (χ2n) is 6.17. The molecule has 0 amide bonds. The molecule has 0 radical (unpaired) electrons. The first kappa shape index (κ1) is 23.3. The van der Waals surface area contributed by atoms with Gasteiger partial charge < -0.3 is 18.9 Å². The van der Waals surface area contributed by atoms with E-state index in [1.807, 2.05) is 0 Å². The Labute approximate surface area is 179 Å². The van der Waals surface area contributed by atoms with Crippen molar-refractivity contribution in [3.8, 4) is 17.2 Å². The molecule has 0 atom stereocenters. The van der Waals surface area contributed by atoms with Crippen LogP contribution < -0.4 is 14.2 Å². The quantitative estimate of drug-likeness (QED) is 0.0862. The number of hydrogen-bond donors (Lipinski definition) is 0. The van der Waals surface area contributed by atoms with E-state index in [9.17, 15) is 9.59 Å². The molecular weight excluding hydrogens is 402 g/mol. The van der Waals surface area contributed by atoms with E-state index in [1.165, 1.54) is 0 Å². The molecule has 0 aromatic heterocycles. The van der Waals surface area contributed by atoms with E-state index in [0.717, 1.165) is 25.3 Å². The van der Waals surface area contributed by atoms with Crippen LogP contribution >= 0.6 is 0 Å². The van der Waals surface area contributed by atoms with Gasteiger partial charge in [0.25, 0.3) is 0 Å². The van der Waals surface area contributed by atoms with Crippen molar-refractivity contribution in [1.29, 1.82) is 0 Å². The number of ether oxygens (including phenoxy) is 4. The first-order valence-corrected chi connectivity index (χ1v) is 9.60. The smallest absolute Gasteiger partial charge is 0.343 e. The zero-order valence-corrected chi connectivity index (χ0v) is 16.9. The molecule has 162 valence electrons. The van der Waals surface area contributed by atoms with Gasteiger partial charge in [-0.05, 0) is 73.3 Å². The number of rotatable bonds is 13. The zero-order valence-electron chi connectivity index (χ0n) is 16.9. The topological polar surface area (TPSA) is 120 Å². The summed E-state index contributed by atoms with van der Waals surface area (Å²) in [6.07, 6.45) is 3.58. The van der Waals surface area contributed by atoms with Gasteiger partial charge in [0.1, 0.15) is 17.2 Å². The van der Waals surface area contributed by atoms with Crippen LogP contribution in [0.3, 0.4) is 0 Å². The second-order valence-corrected chi connectivity index (χ2v) is 6.17. The van der Waals surface area contributed by atoms with Crippen LogP contribution in [0.2, 0.25) is 0 Å². The Kier molecular flexibility index (Phi) is 9.99. The van der Waals surface area contributed by atoms with Crippen molar-refractivity contribution in [2.45, 2.75) is 19.3 Å². The molecule has 9 nitrogen and oxygen atoms in total. The van der Waals surface area contributed by atoms with E-state index >= 15 is 0 Å². The first-order valence-electron chi connectivity index (χ1n) is 9.60. The summed E-state index contributed by atoms with van der Waals surface area (Å²) in [6.45, 7) is 4.11. The minimum atomic E-state index is -0.497. The monoisotopic (exact) mass is 425 g/mol. The van der Waals surface area contributed by atoms with Gasteiger partial charge in [0, 0.05) is 11.0 Å². The molecule has 0 fully saturated rings. The molecule has 31 heavy (non-hydrogen) atoms. The fourth-order valence-corrected chi connectivity index (χ4v) is 2.39. The third-order valence-corrected chi connectivity index (χ3v) is 3.94. The molecule has 0 bridgehead atoms. The van der Waals surface area contributed by atoms with Crippen molar-refractivity contribution in [2.24, 2.45) is 5.11 Å². The maximum atomic E-state index is 12.3. The summed E-state index contributed by atoms with van der Waals surface area (Å²) in [4.78, 5) is 25.8. The second kappa shape index (κ2) is 13.3. The largest absolute Gasteiger partial charge is 0.494 e. The van der Waals surface area contributed by atoms with Crippen molar-refractivity contribution in [3.05, 3.63) is 77.2 Å². The number of esters is 2. The molecule has 0 saturated heterocycles. The third kappa shape index (κ3) is 8.93. The van der Waals surface area contributed by atoms with Gasteiger partial charge in [-0.25, -0.2) is 9.59 Å². The van der Waals surface area contributed by atoms with Crippen molar-refractivity contribution in [2.75, 3.05) is 19.9 Å². The van der Waals surface area contributed by atoms with Crippen molar-refractivity contribution >= 4 is 11.9 Å². The number of azide groups is 1. The SMILES string of the molecule is C=CC(=O)OCCCCCOc1ccc(C(=O)Oc2ccc(OCN=[N+]=[N-])cc2)cc1. The molecule has 0 aliphatic heterocycles. The van der Waals surface area contributed by atoms with Gasteiger partial charge in [0.05, 0.1) is 18.8 Å². The molecule has 0 saturated carbocycles. The molecular formula is C22H23N3O6. The Morgan fingerprint density at radius 2 is 1.52 bits per heavy atom. The lowest BCUT2D eigenvalue weighted by Crippen LogP contribution is -2.08. The highest BCUT2D eigenvalue weighted by molar-refractivity contribution is 5.91. The lowest BCUT2D eigenvalue weighted by Gasteiger charge is -2.08. The summed E-state index contributed by atoms with van der Waals surface area (Å²) in [5.41, 5.74) is 8.60. The van der Waals surface area contributed by atoms with Crippen LogP contribution in [0, 0.1) is 0 Å². The van der Waals surface area contributed by atoms with Crippen LogP contribution in [0.4, 0.5) is 0 Å². The van der Waals surface area contributed by atoms with Crippen LogP contribution in [0.15, 0.2) is 66.3 Å². The van der Waals surface area contributed by atoms with Gasteiger partial charge in [0.2, 0.25) is 0 Å². The highest BCUT2D eigenvalue weighted by Gasteiger charge is 2.09. The molecule has 0 aliphatic carbocycles. The van der Waals surface area contributed by atoms with E-state index in [0.29, 0.717) is 36.0 Å². The standard InChI is InChI=1S/C22H23N3O6/c1-2-21(26)29-15-5-3-4-14-28-18-8-6-17(7-9-18)22(27)31-20-12-10-19(11-13-20)30-16-24-25-23/h2,6-13H,1,3-5,14-16H2. The van der Waals surface area contributed by atoms with E-state index in [4.69, 9.17) is 24.5 Å². The van der Waals surface area contributed by atoms with E-state index in [-0.39, 0.29) is 6.73 Å². The maximum absolute atomic E-state index is 12.3. The van der Waals surface area contributed by atoms with Gasteiger partial charge >= 0.3 is 11.9 Å². The zero-order chi connectivity index (χ0) is 22.3. The number of nitrogens with zero attached hydrogens (tertiary/aromatic N) is 3. The Bertz CT molecular complexity index is 906. The minimum Gasteiger partial charge on any atom is -0.494 e. The normalized spacial score (nSPS) is 9.81. The highest BCUT2D eigenvalue weighted by atomic mass is 16.5. The molecule has 0 N–H and O–H groups in total. The maximum Gasteiger partial charge on any atom is 0.343 e. The van der Waals surface area contributed by atoms with Crippen LogP contribution in [-0.4, -0.2) is 31.9 Å². The molecule has 2 aromatic rings.